The molecule has 0 spiro atoms. The Kier molecular flexibility index (Phi) is 4.35. The fourth-order valence-corrected chi connectivity index (χ4v) is 2.65. The van der Waals surface area contributed by atoms with Gasteiger partial charge in [0.15, 0.2) is 0 Å². The Morgan fingerprint density at radius 1 is 1.37 bits per heavy atom. The number of hydrogen-bond donors (Lipinski definition) is 0. The van der Waals surface area contributed by atoms with E-state index >= 15 is 0 Å². The molecule has 3 heteroatoms. The highest BCUT2D eigenvalue weighted by atomic mass is 16.5. The van der Waals surface area contributed by atoms with Crippen molar-refractivity contribution in [3.8, 4) is 0 Å². The third-order valence-corrected chi connectivity index (χ3v) is 3.91. The molecule has 1 aromatic rings. The molecule has 0 bridgehead atoms. The smallest absolute Gasteiger partial charge is 0.312 e. The summed E-state index contributed by atoms with van der Waals surface area (Å²) < 4.78 is 4.74. The number of carbonyl (C=O) groups is 2. The number of ketones is 1. The van der Waals surface area contributed by atoms with E-state index in [1.165, 1.54) is 12.7 Å². The second-order valence-corrected chi connectivity index (χ2v) is 5.34. The number of ether oxygens (including phenoxy) is 1. The first-order chi connectivity index (χ1) is 9.10. The van der Waals surface area contributed by atoms with Crippen LogP contribution in [0.15, 0.2) is 24.3 Å². The van der Waals surface area contributed by atoms with Crippen molar-refractivity contribution < 1.29 is 14.3 Å². The standard InChI is InChI=1S/C16H20O3/c1-11(16(18)19-2)14-6-3-12(4-7-14)9-13-5-8-15(17)10-13/h3-4,6-7,11,13H,5,8-10H2,1-2H3. The zero-order valence-electron chi connectivity index (χ0n) is 11.5. The fourth-order valence-electron chi connectivity index (χ4n) is 2.65. The highest BCUT2D eigenvalue weighted by molar-refractivity contribution is 5.80. The molecule has 1 aromatic carbocycles. The van der Waals surface area contributed by atoms with Crippen molar-refractivity contribution in [3.05, 3.63) is 35.4 Å². The summed E-state index contributed by atoms with van der Waals surface area (Å²) in [4.78, 5) is 22.7. The lowest BCUT2D eigenvalue weighted by molar-refractivity contribution is -0.142. The van der Waals surface area contributed by atoms with Crippen LogP contribution in [0.2, 0.25) is 0 Å². The van der Waals surface area contributed by atoms with Gasteiger partial charge in [-0.15, -0.1) is 0 Å². The number of carbonyl (C=O) groups excluding carboxylic acids is 2. The molecule has 0 amide bonds. The molecule has 0 saturated heterocycles. The van der Waals surface area contributed by atoms with Gasteiger partial charge in [0.1, 0.15) is 5.78 Å². The Labute approximate surface area is 114 Å². The molecule has 0 heterocycles. The molecule has 1 aliphatic rings. The van der Waals surface area contributed by atoms with E-state index in [1.807, 2.05) is 19.1 Å². The SMILES string of the molecule is COC(=O)C(C)c1ccc(CC2CCC(=O)C2)cc1. The first-order valence-corrected chi connectivity index (χ1v) is 6.78. The van der Waals surface area contributed by atoms with Gasteiger partial charge in [0, 0.05) is 12.8 Å². The van der Waals surface area contributed by atoms with E-state index < -0.39 is 0 Å². The van der Waals surface area contributed by atoms with Gasteiger partial charge < -0.3 is 4.74 Å². The summed E-state index contributed by atoms with van der Waals surface area (Å²) in [6.45, 7) is 1.84. The first-order valence-electron chi connectivity index (χ1n) is 6.78. The lowest BCUT2D eigenvalue weighted by Gasteiger charge is -2.12. The number of hydrogen-bond acceptors (Lipinski definition) is 3. The summed E-state index contributed by atoms with van der Waals surface area (Å²) in [5.74, 6) is 0.443. The predicted molar refractivity (Wildman–Crippen MR) is 72.9 cm³/mol. The minimum Gasteiger partial charge on any atom is -0.469 e. The molecule has 1 saturated carbocycles. The monoisotopic (exact) mass is 260 g/mol. The summed E-state index contributed by atoms with van der Waals surface area (Å²) in [7, 11) is 1.41. The van der Waals surface area contributed by atoms with Gasteiger partial charge in [0.05, 0.1) is 13.0 Å². The zero-order valence-corrected chi connectivity index (χ0v) is 11.5. The summed E-state index contributed by atoms with van der Waals surface area (Å²) in [5.41, 5.74) is 2.21. The van der Waals surface area contributed by atoms with Gasteiger partial charge in [-0.1, -0.05) is 24.3 Å². The van der Waals surface area contributed by atoms with Crippen molar-refractivity contribution in [2.45, 2.75) is 38.5 Å². The molecule has 2 atom stereocenters. The van der Waals surface area contributed by atoms with Crippen molar-refractivity contribution in [2.24, 2.45) is 5.92 Å². The van der Waals surface area contributed by atoms with Gasteiger partial charge in [-0.2, -0.15) is 0 Å². The van der Waals surface area contributed by atoms with Crippen LogP contribution in [0.1, 0.15) is 43.2 Å². The molecule has 0 radical (unpaired) electrons. The van der Waals surface area contributed by atoms with Crippen LogP contribution in [0.3, 0.4) is 0 Å². The van der Waals surface area contributed by atoms with Crippen molar-refractivity contribution in [1.82, 2.24) is 0 Å². The van der Waals surface area contributed by atoms with Crippen molar-refractivity contribution in [3.63, 3.8) is 0 Å². The van der Waals surface area contributed by atoms with E-state index in [4.69, 9.17) is 4.74 Å². The maximum atomic E-state index is 11.5. The number of benzene rings is 1. The molecule has 1 fully saturated rings. The molecule has 3 nitrogen and oxygen atoms in total. The average molecular weight is 260 g/mol. The van der Waals surface area contributed by atoms with Crippen LogP contribution in [-0.2, 0) is 20.7 Å². The van der Waals surface area contributed by atoms with E-state index in [-0.39, 0.29) is 11.9 Å². The molecular weight excluding hydrogens is 240 g/mol. The van der Waals surface area contributed by atoms with Crippen LogP contribution in [0, 0.1) is 5.92 Å². The van der Waals surface area contributed by atoms with Crippen molar-refractivity contribution in [1.29, 1.82) is 0 Å². The number of rotatable bonds is 4. The van der Waals surface area contributed by atoms with Crippen molar-refractivity contribution >= 4 is 11.8 Å². The Balaban J connectivity index is 1.98. The van der Waals surface area contributed by atoms with E-state index in [2.05, 4.69) is 12.1 Å². The molecule has 2 rings (SSSR count). The number of Topliss-reactive ketones (excluding diaryl/α,β-unsaturated/α-hetero) is 1. The quantitative estimate of drug-likeness (QED) is 0.782. The number of methoxy groups -OCH3 is 1. The molecular formula is C16H20O3. The maximum absolute atomic E-state index is 11.5. The molecule has 102 valence electrons. The van der Waals surface area contributed by atoms with Gasteiger partial charge in [0.25, 0.3) is 0 Å². The normalized spacial score (nSPS) is 20.3. The van der Waals surface area contributed by atoms with E-state index in [1.54, 1.807) is 0 Å². The third-order valence-electron chi connectivity index (χ3n) is 3.91. The molecule has 0 N–H and O–H groups in total. The first kappa shape index (κ1) is 13.8. The predicted octanol–water partition coefficient (Wildman–Crippen LogP) is 2.87. The van der Waals surface area contributed by atoms with E-state index in [0.29, 0.717) is 11.7 Å². The largest absolute Gasteiger partial charge is 0.469 e. The second-order valence-electron chi connectivity index (χ2n) is 5.34. The lowest BCUT2D eigenvalue weighted by Crippen LogP contribution is -2.10. The Hall–Kier alpha value is -1.64. The Morgan fingerprint density at radius 2 is 2.05 bits per heavy atom. The average Bonchev–Trinajstić information content (AvgIpc) is 2.83. The Bertz CT molecular complexity index is 461. The number of esters is 1. The zero-order chi connectivity index (χ0) is 13.8. The van der Waals surface area contributed by atoms with Gasteiger partial charge in [0.2, 0.25) is 0 Å². The third kappa shape index (κ3) is 3.43. The lowest BCUT2D eigenvalue weighted by atomic mass is 9.95. The van der Waals surface area contributed by atoms with Gasteiger partial charge >= 0.3 is 5.97 Å². The minimum atomic E-state index is -0.230. The van der Waals surface area contributed by atoms with Crippen molar-refractivity contribution in [2.75, 3.05) is 7.11 Å². The van der Waals surface area contributed by atoms with Gasteiger partial charge in [-0.3, -0.25) is 9.59 Å². The Morgan fingerprint density at radius 3 is 2.58 bits per heavy atom. The molecule has 19 heavy (non-hydrogen) atoms. The summed E-state index contributed by atoms with van der Waals surface area (Å²) >= 11 is 0. The van der Waals surface area contributed by atoms with Gasteiger partial charge in [-0.25, -0.2) is 0 Å². The van der Waals surface area contributed by atoms with Crippen LogP contribution in [-0.4, -0.2) is 18.9 Å². The molecule has 2 unspecified atom stereocenters. The summed E-state index contributed by atoms with van der Waals surface area (Å²) in [6.07, 6.45) is 3.43. The highest BCUT2D eigenvalue weighted by Crippen LogP contribution is 2.26. The fraction of sp³-hybridized carbons (Fsp3) is 0.500. The molecule has 0 aromatic heterocycles. The summed E-state index contributed by atoms with van der Waals surface area (Å²) in [5, 5.41) is 0. The van der Waals surface area contributed by atoms with Crippen LogP contribution >= 0.6 is 0 Å². The van der Waals surface area contributed by atoms with E-state index in [9.17, 15) is 9.59 Å². The minimum absolute atomic E-state index is 0.214. The van der Waals surface area contributed by atoms with Crippen LogP contribution < -0.4 is 0 Å². The van der Waals surface area contributed by atoms with Crippen LogP contribution in [0.25, 0.3) is 0 Å². The topological polar surface area (TPSA) is 43.4 Å². The van der Waals surface area contributed by atoms with E-state index in [0.717, 1.165) is 31.2 Å². The highest BCUT2D eigenvalue weighted by Gasteiger charge is 2.22. The maximum Gasteiger partial charge on any atom is 0.312 e. The molecule has 1 aliphatic carbocycles. The second kappa shape index (κ2) is 6.00. The molecule has 0 aliphatic heterocycles. The van der Waals surface area contributed by atoms with Gasteiger partial charge in [-0.05, 0) is 36.8 Å². The van der Waals surface area contributed by atoms with Crippen LogP contribution in [0.5, 0.6) is 0 Å². The van der Waals surface area contributed by atoms with Crippen LogP contribution in [0.4, 0.5) is 0 Å². The summed E-state index contributed by atoms with van der Waals surface area (Å²) in [6, 6.07) is 8.07.